The number of esters is 1. The lowest BCUT2D eigenvalue weighted by atomic mass is 10.1. The molecule has 1 aromatic rings. The molecule has 0 N–H and O–H groups in total. The largest absolute Gasteiger partial charge is 0.463 e. The minimum Gasteiger partial charge on any atom is -0.463 e. The van der Waals surface area contributed by atoms with Crippen LogP contribution in [0.25, 0.3) is 5.57 Å². The van der Waals surface area contributed by atoms with Gasteiger partial charge in [-0.3, -0.25) is 0 Å². The predicted octanol–water partition coefficient (Wildman–Crippen LogP) is 3.10. The molecule has 3 heteroatoms. The van der Waals surface area contributed by atoms with Crippen LogP contribution in [0.15, 0.2) is 23.1 Å². The molecule has 0 amide bonds. The SMILES string of the molecule is CCOC(=O)/C(C)=C(\C)c1cccs1. The van der Waals surface area contributed by atoms with Crippen LogP contribution in [0.5, 0.6) is 0 Å². The second kappa shape index (κ2) is 4.96. The zero-order valence-corrected chi connectivity index (χ0v) is 9.48. The summed E-state index contributed by atoms with van der Waals surface area (Å²) >= 11 is 1.63. The van der Waals surface area contributed by atoms with Crippen LogP contribution in [-0.2, 0) is 9.53 Å². The van der Waals surface area contributed by atoms with Crippen molar-refractivity contribution in [3.63, 3.8) is 0 Å². The topological polar surface area (TPSA) is 26.3 Å². The number of carbonyl (C=O) groups excluding carboxylic acids is 1. The van der Waals surface area contributed by atoms with Crippen LogP contribution >= 0.6 is 11.3 Å². The third-order valence-electron chi connectivity index (χ3n) is 2.03. The van der Waals surface area contributed by atoms with Gasteiger partial charge in [-0.05, 0) is 37.8 Å². The van der Waals surface area contributed by atoms with Gasteiger partial charge in [-0.15, -0.1) is 11.3 Å². The highest BCUT2D eigenvalue weighted by molar-refractivity contribution is 7.11. The number of ether oxygens (including phenoxy) is 1. The number of hydrogen-bond donors (Lipinski definition) is 0. The Hall–Kier alpha value is -1.09. The average Bonchev–Trinajstić information content (AvgIpc) is 2.68. The van der Waals surface area contributed by atoms with E-state index < -0.39 is 0 Å². The van der Waals surface area contributed by atoms with Crippen molar-refractivity contribution in [3.05, 3.63) is 28.0 Å². The quantitative estimate of drug-likeness (QED) is 0.566. The van der Waals surface area contributed by atoms with Crippen LogP contribution in [0.4, 0.5) is 0 Å². The molecule has 0 radical (unpaired) electrons. The minimum atomic E-state index is -0.224. The van der Waals surface area contributed by atoms with Gasteiger partial charge in [-0.2, -0.15) is 0 Å². The molecule has 0 saturated carbocycles. The van der Waals surface area contributed by atoms with Crippen LogP contribution in [-0.4, -0.2) is 12.6 Å². The fourth-order valence-electron chi connectivity index (χ4n) is 1.07. The van der Waals surface area contributed by atoms with Gasteiger partial charge in [0.15, 0.2) is 0 Å². The van der Waals surface area contributed by atoms with Gasteiger partial charge in [0.05, 0.1) is 6.61 Å². The van der Waals surface area contributed by atoms with E-state index in [2.05, 4.69) is 0 Å². The number of allylic oxidation sites excluding steroid dienone is 1. The first-order chi connectivity index (χ1) is 6.66. The van der Waals surface area contributed by atoms with Crippen LogP contribution in [0.2, 0.25) is 0 Å². The predicted molar refractivity (Wildman–Crippen MR) is 59.2 cm³/mol. The molecule has 1 rings (SSSR count). The lowest BCUT2D eigenvalue weighted by molar-refractivity contribution is -0.138. The second-order valence-electron chi connectivity index (χ2n) is 2.95. The van der Waals surface area contributed by atoms with E-state index in [4.69, 9.17) is 4.74 Å². The molecular formula is C11H14O2S. The highest BCUT2D eigenvalue weighted by Crippen LogP contribution is 2.23. The molecule has 0 aliphatic carbocycles. The molecule has 76 valence electrons. The minimum absolute atomic E-state index is 0.224. The fourth-order valence-corrected chi connectivity index (χ4v) is 1.86. The zero-order chi connectivity index (χ0) is 10.6. The number of thiophene rings is 1. The van der Waals surface area contributed by atoms with Gasteiger partial charge in [0.25, 0.3) is 0 Å². The Morgan fingerprint density at radius 1 is 1.50 bits per heavy atom. The Labute approximate surface area is 88.2 Å². The maximum Gasteiger partial charge on any atom is 0.334 e. The first kappa shape index (κ1) is 11.0. The second-order valence-corrected chi connectivity index (χ2v) is 3.90. The number of hydrogen-bond acceptors (Lipinski definition) is 3. The van der Waals surface area contributed by atoms with Crippen molar-refractivity contribution in [2.24, 2.45) is 0 Å². The molecule has 1 heterocycles. The molecule has 0 atom stereocenters. The third-order valence-corrected chi connectivity index (χ3v) is 3.02. The van der Waals surface area contributed by atoms with Crippen LogP contribution in [0.3, 0.4) is 0 Å². The molecule has 0 aromatic carbocycles. The maximum atomic E-state index is 11.4. The monoisotopic (exact) mass is 210 g/mol. The van der Waals surface area contributed by atoms with Crippen molar-refractivity contribution in [2.45, 2.75) is 20.8 Å². The summed E-state index contributed by atoms with van der Waals surface area (Å²) in [5.41, 5.74) is 1.69. The first-order valence-corrected chi connectivity index (χ1v) is 5.43. The molecule has 0 aliphatic rings. The van der Waals surface area contributed by atoms with Gasteiger partial charge in [0, 0.05) is 10.5 Å². The van der Waals surface area contributed by atoms with Crippen LogP contribution in [0, 0.1) is 0 Å². The molecule has 14 heavy (non-hydrogen) atoms. The van der Waals surface area contributed by atoms with Crippen molar-refractivity contribution in [1.29, 1.82) is 0 Å². The average molecular weight is 210 g/mol. The van der Waals surface area contributed by atoms with E-state index >= 15 is 0 Å². The molecule has 0 unspecified atom stereocenters. The Kier molecular flexibility index (Phi) is 3.89. The van der Waals surface area contributed by atoms with E-state index in [9.17, 15) is 4.79 Å². The standard InChI is InChI=1S/C11H14O2S/c1-4-13-11(12)9(3)8(2)10-6-5-7-14-10/h5-7H,4H2,1-3H3/b9-8+. The fraction of sp³-hybridized carbons (Fsp3) is 0.364. The van der Waals surface area contributed by atoms with Gasteiger partial charge in [0.2, 0.25) is 0 Å². The Morgan fingerprint density at radius 3 is 2.71 bits per heavy atom. The highest BCUT2D eigenvalue weighted by Gasteiger charge is 2.10. The van der Waals surface area contributed by atoms with Crippen molar-refractivity contribution < 1.29 is 9.53 Å². The molecule has 1 aromatic heterocycles. The molecule has 0 saturated heterocycles. The van der Waals surface area contributed by atoms with E-state index in [0.717, 1.165) is 10.5 Å². The summed E-state index contributed by atoms with van der Waals surface area (Å²) in [7, 11) is 0. The van der Waals surface area contributed by atoms with Gasteiger partial charge in [0.1, 0.15) is 0 Å². The third kappa shape index (κ3) is 2.45. The van der Waals surface area contributed by atoms with E-state index in [1.54, 1.807) is 18.3 Å². The molecule has 0 spiro atoms. The normalized spacial score (nSPS) is 12.2. The molecule has 2 nitrogen and oxygen atoms in total. The van der Waals surface area contributed by atoms with Gasteiger partial charge >= 0.3 is 5.97 Å². The molecule has 0 fully saturated rings. The van der Waals surface area contributed by atoms with Crippen LogP contribution < -0.4 is 0 Å². The lowest BCUT2D eigenvalue weighted by Gasteiger charge is -2.05. The van der Waals surface area contributed by atoms with E-state index in [0.29, 0.717) is 12.2 Å². The van der Waals surface area contributed by atoms with Crippen molar-refractivity contribution in [3.8, 4) is 0 Å². The summed E-state index contributed by atoms with van der Waals surface area (Å²) in [5.74, 6) is -0.224. The molecule has 0 aliphatic heterocycles. The summed E-state index contributed by atoms with van der Waals surface area (Å²) in [6, 6.07) is 3.98. The Balaban J connectivity index is 2.88. The van der Waals surface area contributed by atoms with Gasteiger partial charge in [-0.25, -0.2) is 4.79 Å². The van der Waals surface area contributed by atoms with Crippen molar-refractivity contribution in [1.82, 2.24) is 0 Å². The van der Waals surface area contributed by atoms with Gasteiger partial charge < -0.3 is 4.74 Å². The summed E-state index contributed by atoms with van der Waals surface area (Å²) in [6.07, 6.45) is 0. The summed E-state index contributed by atoms with van der Waals surface area (Å²) in [6.45, 7) is 5.98. The summed E-state index contributed by atoms with van der Waals surface area (Å²) in [4.78, 5) is 12.5. The number of carbonyl (C=O) groups is 1. The van der Waals surface area contributed by atoms with Crippen molar-refractivity contribution >= 4 is 22.9 Å². The van der Waals surface area contributed by atoms with E-state index in [-0.39, 0.29) is 5.97 Å². The Morgan fingerprint density at radius 2 is 2.21 bits per heavy atom. The first-order valence-electron chi connectivity index (χ1n) is 4.55. The van der Waals surface area contributed by atoms with E-state index in [1.165, 1.54) is 0 Å². The zero-order valence-electron chi connectivity index (χ0n) is 8.66. The highest BCUT2D eigenvalue weighted by atomic mass is 32.1. The summed E-state index contributed by atoms with van der Waals surface area (Å²) in [5, 5.41) is 2.00. The number of rotatable bonds is 3. The van der Waals surface area contributed by atoms with Crippen molar-refractivity contribution in [2.75, 3.05) is 6.61 Å². The van der Waals surface area contributed by atoms with E-state index in [1.807, 2.05) is 31.4 Å². The van der Waals surface area contributed by atoms with Gasteiger partial charge in [-0.1, -0.05) is 6.07 Å². The Bertz CT molecular complexity index is 336. The smallest absolute Gasteiger partial charge is 0.334 e. The molecule has 0 bridgehead atoms. The maximum absolute atomic E-state index is 11.4. The molecular weight excluding hydrogens is 196 g/mol. The summed E-state index contributed by atoms with van der Waals surface area (Å²) < 4.78 is 4.93. The lowest BCUT2D eigenvalue weighted by Crippen LogP contribution is -2.06. The van der Waals surface area contributed by atoms with Crippen LogP contribution in [0.1, 0.15) is 25.6 Å².